The normalized spacial score (nSPS) is 55.4. The van der Waals surface area contributed by atoms with E-state index in [9.17, 15) is 112 Å². The fourth-order valence-corrected chi connectivity index (χ4v) is 12.0. The Balaban J connectivity index is 0.975. The first-order chi connectivity index (χ1) is 41.9. The lowest BCUT2D eigenvalue weighted by Crippen LogP contribution is -2.70. The Labute approximate surface area is 497 Å². The van der Waals surface area contributed by atoms with Crippen molar-refractivity contribution >= 4 is 0 Å². The highest BCUT2D eigenvalue weighted by Crippen LogP contribution is 2.39. The fraction of sp³-hybridized carbons (Fsp3) is 1.00. The number of nitrogens with two attached hydrogens (primary N) is 2. The number of aliphatic hydroxyl groups is 22. The van der Waals surface area contributed by atoms with Crippen LogP contribution in [0.1, 0.15) is 0 Å². The average molecular weight is 1300 g/mol. The van der Waals surface area contributed by atoms with E-state index in [0.29, 0.717) is 0 Å². The van der Waals surface area contributed by atoms with Gasteiger partial charge < -0.3 is 200 Å². The highest BCUT2D eigenvalue weighted by molar-refractivity contribution is 5.03. The number of rotatable bonds is 8. The molecule has 30 rings (SSSR count). The van der Waals surface area contributed by atoms with Crippen molar-refractivity contribution in [1.29, 1.82) is 0 Å². The first kappa shape index (κ1) is 70.7. The van der Waals surface area contributed by atoms with Crippen LogP contribution < -0.4 is 11.5 Å². The van der Waals surface area contributed by atoms with Crippen LogP contribution in [0.4, 0.5) is 0 Å². The summed E-state index contributed by atoms with van der Waals surface area (Å²) in [5.74, 6) is 0. The van der Waals surface area contributed by atoms with Gasteiger partial charge in [-0.15, -0.1) is 0 Å². The van der Waals surface area contributed by atoms with E-state index in [1.165, 1.54) is 0 Å². The Kier molecular flexibility index (Phi) is 24.1. The van der Waals surface area contributed by atoms with E-state index in [1.807, 2.05) is 0 Å². The highest BCUT2D eigenvalue weighted by atomic mass is 16.8. The van der Waals surface area contributed by atoms with E-state index in [0.717, 1.165) is 0 Å². The molecule has 0 aliphatic carbocycles. The first-order valence-corrected chi connectivity index (χ1v) is 28.3. The summed E-state index contributed by atoms with van der Waals surface area (Å²) in [6, 6.07) is -3.33. The lowest BCUT2D eigenvalue weighted by molar-refractivity contribution is -0.400. The Bertz CT molecular complexity index is 1720. The number of hydrogen-bond acceptors (Lipinski definition) is 40. The molecule has 0 saturated carbocycles. The molecule has 0 amide bonds. The molecule has 0 radical (unpaired) electrons. The zero-order valence-corrected chi connectivity index (χ0v) is 46.3. The second kappa shape index (κ2) is 30.0. The van der Waals surface area contributed by atoms with Gasteiger partial charge in [-0.1, -0.05) is 0 Å². The SMILES string of the molecule is N[C@H]1[C@H](O)[C@H]2O[C@H]3[C@@H](N)[C@@H](O)[C@@H](O[C@H]4[C@@H](O)[C@H](O)[C@@H](O[C@H]5[C@H](O)[C@@H](O)[C@@H](O[C@H]6[C@@H](O)[C@H](O)[C@@H](O[C@H]7[C@@H](O)[C@H](O)[C@@H](O[C@H]8[C@H](O)[C@H](O)[C@@H](O[C@H]9[C@@H](O)[C@H](O)[C@@H](O[C@@H]1[C@@H](CO)O2)O[C@@H]9CO)O[C@@H]8CO)O[C@@H]7CO)O[C@@H]6CO)O[C@@H]5CO)O[C@H]4CO)O[C@@H]3CO. The van der Waals surface area contributed by atoms with E-state index in [1.54, 1.807) is 0 Å². The van der Waals surface area contributed by atoms with Crippen molar-refractivity contribution in [1.82, 2.24) is 0 Å². The van der Waals surface area contributed by atoms with E-state index >= 15 is 0 Å². The highest BCUT2D eigenvalue weighted by Gasteiger charge is 2.60. The molecule has 0 aromatic carbocycles. The third-order valence-corrected chi connectivity index (χ3v) is 17.1. The summed E-state index contributed by atoms with van der Waals surface area (Å²) in [4.78, 5) is 0. The van der Waals surface area contributed by atoms with Gasteiger partial charge >= 0.3 is 0 Å². The molecule has 30 saturated heterocycles. The first-order valence-electron chi connectivity index (χ1n) is 28.3. The Morgan fingerprint density at radius 1 is 0.170 bits per heavy atom. The van der Waals surface area contributed by atoms with Gasteiger partial charge in [-0.25, -0.2) is 0 Å². The van der Waals surface area contributed by atoms with Crippen LogP contribution in [0, 0.1) is 0 Å². The van der Waals surface area contributed by atoms with Crippen molar-refractivity contribution in [2.75, 3.05) is 52.9 Å². The molecular formula is C48H82N2O38. The quantitative estimate of drug-likeness (QED) is 0.107. The van der Waals surface area contributed by atoms with Crippen LogP contribution in [0.3, 0.4) is 0 Å². The molecule has 40 heteroatoms. The summed E-state index contributed by atoms with van der Waals surface area (Å²) in [6.07, 6.45) is -74.9. The third-order valence-electron chi connectivity index (χ3n) is 17.1. The van der Waals surface area contributed by atoms with Crippen molar-refractivity contribution < 1.29 is 188 Å². The Morgan fingerprint density at radius 3 is 0.443 bits per heavy atom. The zero-order valence-electron chi connectivity index (χ0n) is 46.3. The molecule has 40 atom stereocenters. The predicted octanol–water partition coefficient (Wildman–Crippen LogP) is -17.5. The van der Waals surface area contributed by atoms with Crippen molar-refractivity contribution in [2.24, 2.45) is 11.5 Å². The minimum absolute atomic E-state index is 0.969. The summed E-state index contributed by atoms with van der Waals surface area (Å²) >= 11 is 0. The number of ether oxygens (including phenoxy) is 16. The van der Waals surface area contributed by atoms with Gasteiger partial charge in [-0.05, 0) is 0 Å². The van der Waals surface area contributed by atoms with Crippen molar-refractivity contribution in [2.45, 2.75) is 246 Å². The maximum Gasteiger partial charge on any atom is 0.187 e. The summed E-state index contributed by atoms with van der Waals surface area (Å²) in [5.41, 5.74) is 12.8. The van der Waals surface area contributed by atoms with Crippen LogP contribution in [-0.2, 0) is 75.8 Å². The van der Waals surface area contributed by atoms with Crippen LogP contribution in [-0.4, -0.2) is 411 Å². The monoisotopic (exact) mass is 1290 g/mol. The fourth-order valence-electron chi connectivity index (χ4n) is 12.0. The molecule has 88 heavy (non-hydrogen) atoms. The van der Waals surface area contributed by atoms with Crippen LogP contribution in [0.5, 0.6) is 0 Å². The summed E-state index contributed by atoms with van der Waals surface area (Å²) < 4.78 is 92.0. The standard InChI is InChI=1S/C48H82N2O38/c49-17-19(59)41-73-10(2-52)34(17)82-43-27(67)21(61)36(12(4-54)75-43)84-45-29(69)23(63)38(14(6-56)77-45)86-47-31(71)25(65)40(16(8-58)79-47)88-48-32(72)26(66)39(15(7-57)80-48)87-46-30(70)24(64)37(13(5-55)78-46)85-44-28(68)22(62)35(11(3-53)76-44)83-42-20(60)18(50)33(81-41)9(1-51)74-42/h9-48,51-72H,1-8,49-50H2/t9-,10-,11+,12-,13-,14-,15-,16-,17+,18+,19+,20-,21+,22+,23-,24-,25+,26+,27+,28+,29+,30-,31+,32+,33-,34-,35-,36-,37-,38-,39-,40-,41-,42-,43-,44-,45-,46-,47-,48-/m1/s1. The third kappa shape index (κ3) is 13.8. The minimum atomic E-state index is -2.24. The second-order valence-corrected chi connectivity index (χ2v) is 22.6. The predicted molar refractivity (Wildman–Crippen MR) is 265 cm³/mol. The van der Waals surface area contributed by atoms with Gasteiger partial charge in [0.1, 0.15) is 183 Å². The molecule has 0 spiro atoms. The molecule has 30 heterocycles. The zero-order chi connectivity index (χ0) is 64.1. The molecule has 0 aromatic rings. The molecule has 30 aliphatic rings. The molecule has 0 unspecified atom stereocenters. The Morgan fingerprint density at radius 2 is 0.295 bits per heavy atom. The van der Waals surface area contributed by atoms with Crippen molar-refractivity contribution in [3.05, 3.63) is 0 Å². The van der Waals surface area contributed by atoms with Crippen LogP contribution in [0.2, 0.25) is 0 Å². The minimum Gasteiger partial charge on any atom is -0.394 e. The van der Waals surface area contributed by atoms with E-state index in [4.69, 9.17) is 87.3 Å². The van der Waals surface area contributed by atoms with Gasteiger partial charge in [0.25, 0.3) is 0 Å². The topological polar surface area (TPSA) is 645 Å². The maximum absolute atomic E-state index is 11.5. The molecular weight excluding hydrogens is 1210 g/mol. The van der Waals surface area contributed by atoms with Crippen LogP contribution >= 0.6 is 0 Å². The van der Waals surface area contributed by atoms with Crippen molar-refractivity contribution in [3.63, 3.8) is 0 Å². The van der Waals surface area contributed by atoms with Crippen molar-refractivity contribution in [3.8, 4) is 0 Å². The summed E-state index contributed by atoms with van der Waals surface area (Å²) in [5, 5.41) is 243. The van der Waals surface area contributed by atoms with Crippen LogP contribution in [0.25, 0.3) is 0 Å². The molecule has 512 valence electrons. The maximum atomic E-state index is 11.5. The molecule has 16 bridgehead atoms. The average Bonchev–Trinajstić information content (AvgIpc) is 1.09. The largest absolute Gasteiger partial charge is 0.394 e. The number of aliphatic hydroxyl groups excluding tert-OH is 22. The summed E-state index contributed by atoms with van der Waals surface area (Å²) in [6.45, 7) is -8.28. The van der Waals surface area contributed by atoms with Gasteiger partial charge in [0.15, 0.2) is 50.3 Å². The number of hydrogen-bond donors (Lipinski definition) is 24. The van der Waals surface area contributed by atoms with Gasteiger partial charge in [0.05, 0.1) is 64.9 Å². The smallest absolute Gasteiger partial charge is 0.187 e. The molecule has 0 aromatic heterocycles. The molecule has 40 nitrogen and oxygen atoms in total. The van der Waals surface area contributed by atoms with Gasteiger partial charge in [-0.2, -0.15) is 0 Å². The van der Waals surface area contributed by atoms with Gasteiger partial charge in [0, 0.05) is 0 Å². The van der Waals surface area contributed by atoms with E-state index < -0.39 is 298 Å². The lowest BCUT2D eigenvalue weighted by atomic mass is 9.94. The molecule has 30 fully saturated rings. The van der Waals surface area contributed by atoms with E-state index in [2.05, 4.69) is 0 Å². The lowest BCUT2D eigenvalue weighted by Gasteiger charge is -2.51. The Hall–Kier alpha value is -1.60. The van der Waals surface area contributed by atoms with E-state index in [-0.39, 0.29) is 0 Å². The summed E-state index contributed by atoms with van der Waals surface area (Å²) in [7, 11) is 0. The molecule has 30 aliphatic heterocycles. The van der Waals surface area contributed by atoms with Gasteiger partial charge in [-0.3, -0.25) is 0 Å². The van der Waals surface area contributed by atoms with Crippen LogP contribution in [0.15, 0.2) is 0 Å². The molecule has 26 N–H and O–H groups in total. The second-order valence-electron chi connectivity index (χ2n) is 22.6. The van der Waals surface area contributed by atoms with Gasteiger partial charge in [0.2, 0.25) is 0 Å².